The summed E-state index contributed by atoms with van der Waals surface area (Å²) in [5, 5.41) is 11.1. The molecule has 3 heterocycles. The Morgan fingerprint density at radius 2 is 1.79 bits per heavy atom. The minimum absolute atomic E-state index is 0.204. The fourth-order valence-electron chi connectivity index (χ4n) is 4.13. The number of piperidine rings is 1. The second-order valence-electron chi connectivity index (χ2n) is 7.58. The molecule has 2 aliphatic heterocycles. The lowest BCUT2D eigenvalue weighted by Gasteiger charge is -2.44. The van der Waals surface area contributed by atoms with Crippen LogP contribution in [-0.4, -0.2) is 71.5 Å². The highest BCUT2D eigenvalue weighted by Crippen LogP contribution is 2.39. The summed E-state index contributed by atoms with van der Waals surface area (Å²) in [5.74, 6) is -1.89. The molecule has 1 atom stereocenters. The van der Waals surface area contributed by atoms with Gasteiger partial charge in [0, 0.05) is 30.7 Å². The zero-order valence-corrected chi connectivity index (χ0v) is 17.4. The SMILES string of the molecule is Cc1noc(C)c1CN1CCCC2(CCCN2S(C)(=O)=O)C1.O=C(O)C(F)(F)F. The molecule has 29 heavy (non-hydrogen) atoms. The molecular formula is C17H26F3N3O5S. The largest absolute Gasteiger partial charge is 0.490 e. The van der Waals surface area contributed by atoms with E-state index < -0.39 is 22.2 Å². The number of hydrogen-bond acceptors (Lipinski definition) is 6. The van der Waals surface area contributed by atoms with Gasteiger partial charge < -0.3 is 9.63 Å². The molecule has 2 aliphatic rings. The van der Waals surface area contributed by atoms with Crippen LogP contribution in [0, 0.1) is 13.8 Å². The molecule has 1 aromatic rings. The maximum atomic E-state index is 12.1. The van der Waals surface area contributed by atoms with Gasteiger partial charge in [-0.05, 0) is 46.1 Å². The molecule has 0 radical (unpaired) electrons. The van der Waals surface area contributed by atoms with Gasteiger partial charge >= 0.3 is 12.1 Å². The molecule has 1 spiro atoms. The Morgan fingerprint density at radius 3 is 2.24 bits per heavy atom. The monoisotopic (exact) mass is 441 g/mol. The third-order valence-electron chi connectivity index (χ3n) is 5.37. The highest BCUT2D eigenvalue weighted by Gasteiger charge is 2.47. The molecule has 8 nitrogen and oxygen atoms in total. The Labute approximate surface area is 167 Å². The number of carbonyl (C=O) groups is 1. The molecule has 166 valence electrons. The van der Waals surface area contributed by atoms with E-state index in [9.17, 15) is 21.6 Å². The Balaban J connectivity index is 0.000000370. The number of carboxylic acid groups (broad SMARTS) is 1. The van der Waals surface area contributed by atoms with Crippen molar-refractivity contribution in [1.82, 2.24) is 14.4 Å². The van der Waals surface area contributed by atoms with Gasteiger partial charge in [-0.25, -0.2) is 13.2 Å². The molecule has 0 aromatic carbocycles. The molecule has 0 amide bonds. The van der Waals surface area contributed by atoms with Crippen LogP contribution < -0.4 is 0 Å². The lowest BCUT2D eigenvalue weighted by atomic mass is 9.87. The number of alkyl halides is 3. The van der Waals surface area contributed by atoms with Crippen molar-refractivity contribution < 1.29 is 36.0 Å². The number of hydrogen-bond donors (Lipinski definition) is 1. The van der Waals surface area contributed by atoms with Crippen LogP contribution in [0.4, 0.5) is 13.2 Å². The molecule has 0 aliphatic carbocycles. The van der Waals surface area contributed by atoms with Crippen LogP contribution in [0.3, 0.4) is 0 Å². The summed E-state index contributed by atoms with van der Waals surface area (Å²) < 4.78 is 63.0. The van der Waals surface area contributed by atoms with E-state index in [-0.39, 0.29) is 5.54 Å². The van der Waals surface area contributed by atoms with Crippen LogP contribution in [0.2, 0.25) is 0 Å². The third kappa shape index (κ3) is 5.70. The van der Waals surface area contributed by atoms with E-state index in [1.165, 1.54) is 6.26 Å². The molecule has 2 saturated heterocycles. The normalized spacial score (nSPS) is 23.8. The van der Waals surface area contributed by atoms with Gasteiger partial charge in [-0.1, -0.05) is 5.16 Å². The summed E-state index contributed by atoms with van der Waals surface area (Å²) >= 11 is 0. The number of aromatic nitrogens is 1. The van der Waals surface area contributed by atoms with Gasteiger partial charge in [0.15, 0.2) is 0 Å². The minimum atomic E-state index is -5.08. The van der Waals surface area contributed by atoms with Crippen molar-refractivity contribution in [3.8, 4) is 0 Å². The number of likely N-dealkylation sites (tertiary alicyclic amines) is 1. The van der Waals surface area contributed by atoms with Crippen molar-refractivity contribution in [1.29, 1.82) is 0 Å². The maximum absolute atomic E-state index is 12.1. The van der Waals surface area contributed by atoms with Gasteiger partial charge in [-0.3, -0.25) is 4.90 Å². The fourth-order valence-corrected chi connectivity index (χ4v) is 5.54. The Hall–Kier alpha value is -1.66. The summed E-state index contributed by atoms with van der Waals surface area (Å²) in [4.78, 5) is 11.3. The van der Waals surface area contributed by atoms with E-state index in [1.54, 1.807) is 4.31 Å². The molecule has 1 aromatic heterocycles. The lowest BCUT2D eigenvalue weighted by molar-refractivity contribution is -0.192. The molecule has 3 rings (SSSR count). The number of carboxylic acids is 1. The number of halogens is 3. The van der Waals surface area contributed by atoms with Gasteiger partial charge in [-0.15, -0.1) is 0 Å². The van der Waals surface area contributed by atoms with Crippen LogP contribution in [0.5, 0.6) is 0 Å². The third-order valence-corrected chi connectivity index (χ3v) is 6.74. The number of aryl methyl sites for hydroxylation is 2. The van der Waals surface area contributed by atoms with Gasteiger partial charge in [0.2, 0.25) is 10.0 Å². The summed E-state index contributed by atoms with van der Waals surface area (Å²) in [6, 6.07) is 0. The van der Waals surface area contributed by atoms with Gasteiger partial charge in [-0.2, -0.15) is 17.5 Å². The number of aliphatic carboxylic acids is 1. The van der Waals surface area contributed by atoms with Gasteiger partial charge in [0.1, 0.15) is 5.76 Å². The van der Waals surface area contributed by atoms with Crippen LogP contribution in [0.15, 0.2) is 4.52 Å². The Kier molecular flexibility index (Phi) is 7.01. The molecule has 0 saturated carbocycles. The fraction of sp³-hybridized carbons (Fsp3) is 0.765. The maximum Gasteiger partial charge on any atom is 0.490 e. The number of sulfonamides is 1. The summed E-state index contributed by atoms with van der Waals surface area (Å²) in [6.45, 7) is 7.17. The molecule has 1 N–H and O–H groups in total. The zero-order chi connectivity index (χ0) is 22.0. The first kappa shape index (κ1) is 23.6. The molecule has 12 heteroatoms. The predicted octanol–water partition coefficient (Wildman–Crippen LogP) is 2.31. The van der Waals surface area contributed by atoms with Gasteiger partial charge in [0.25, 0.3) is 0 Å². The van der Waals surface area contributed by atoms with Crippen LogP contribution in [-0.2, 0) is 21.4 Å². The second kappa shape index (κ2) is 8.60. The number of rotatable bonds is 3. The molecule has 2 fully saturated rings. The van der Waals surface area contributed by atoms with Crippen molar-refractivity contribution in [3.63, 3.8) is 0 Å². The van der Waals surface area contributed by atoms with Gasteiger partial charge in [0.05, 0.1) is 11.9 Å². The topological polar surface area (TPSA) is 104 Å². The smallest absolute Gasteiger partial charge is 0.475 e. The number of nitrogens with zero attached hydrogens (tertiary/aromatic N) is 3. The quantitative estimate of drug-likeness (QED) is 0.768. The minimum Gasteiger partial charge on any atom is -0.475 e. The van der Waals surface area contributed by atoms with Crippen molar-refractivity contribution in [2.24, 2.45) is 0 Å². The summed E-state index contributed by atoms with van der Waals surface area (Å²) in [6.07, 6.45) is 0.200. The second-order valence-corrected chi connectivity index (χ2v) is 9.49. The van der Waals surface area contributed by atoms with E-state index in [2.05, 4.69) is 10.1 Å². The van der Waals surface area contributed by atoms with Crippen LogP contribution in [0.25, 0.3) is 0 Å². The van der Waals surface area contributed by atoms with Crippen molar-refractivity contribution in [3.05, 3.63) is 17.0 Å². The van der Waals surface area contributed by atoms with Crippen LogP contribution in [0.1, 0.15) is 42.7 Å². The Morgan fingerprint density at radius 1 is 1.24 bits per heavy atom. The average Bonchev–Trinajstić information content (AvgIpc) is 3.13. The summed E-state index contributed by atoms with van der Waals surface area (Å²) in [5.41, 5.74) is 1.87. The van der Waals surface area contributed by atoms with Crippen molar-refractivity contribution >= 4 is 16.0 Å². The average molecular weight is 441 g/mol. The van der Waals surface area contributed by atoms with E-state index in [4.69, 9.17) is 14.4 Å². The van der Waals surface area contributed by atoms with E-state index in [0.717, 1.165) is 62.3 Å². The van der Waals surface area contributed by atoms with E-state index in [0.29, 0.717) is 6.54 Å². The first-order valence-electron chi connectivity index (χ1n) is 9.18. The van der Waals surface area contributed by atoms with E-state index >= 15 is 0 Å². The van der Waals surface area contributed by atoms with Crippen LogP contribution >= 0.6 is 0 Å². The first-order chi connectivity index (χ1) is 13.3. The molecular weight excluding hydrogens is 415 g/mol. The van der Waals surface area contributed by atoms with E-state index in [1.807, 2.05) is 13.8 Å². The standard InChI is InChI=1S/C15H25N3O3S.C2HF3O2/c1-12-14(13(2)21-16-12)10-17-8-4-6-15(11-17)7-5-9-18(15)22(3,19)20;3-2(4,5)1(6)7/h4-11H2,1-3H3;(H,6,7). The summed E-state index contributed by atoms with van der Waals surface area (Å²) in [7, 11) is -3.14. The first-order valence-corrected chi connectivity index (χ1v) is 11.0. The van der Waals surface area contributed by atoms with Crippen molar-refractivity contribution in [2.75, 3.05) is 25.9 Å². The highest BCUT2D eigenvalue weighted by atomic mass is 32.2. The predicted molar refractivity (Wildman–Crippen MR) is 97.7 cm³/mol. The molecule has 0 bridgehead atoms. The Bertz CT molecular complexity index is 820. The zero-order valence-electron chi connectivity index (χ0n) is 16.6. The molecule has 1 unspecified atom stereocenters. The lowest BCUT2D eigenvalue weighted by Crippen LogP contribution is -2.56. The van der Waals surface area contributed by atoms with Crippen molar-refractivity contribution in [2.45, 2.75) is 57.8 Å². The highest BCUT2D eigenvalue weighted by molar-refractivity contribution is 7.88.